The monoisotopic (exact) mass is 386 g/mol. The Morgan fingerprint density at radius 1 is 0.731 bits per heavy atom. The summed E-state index contributed by atoms with van der Waals surface area (Å²) < 4.78 is 0. The fourth-order valence-electron chi connectivity index (χ4n) is 3.84. The maximum Gasteiger partial charge on any atom is 0.260 e. The number of carbonyl (C=O) groups excluding carboxylic acids is 2. The fraction of sp³-hybridized carbons (Fsp3) is 0.400. The van der Waals surface area contributed by atoms with Gasteiger partial charge in [-0.2, -0.15) is 0 Å². The zero-order valence-electron chi connectivity index (χ0n) is 15.8. The third-order valence-electron chi connectivity index (χ3n) is 4.79. The van der Waals surface area contributed by atoms with Crippen LogP contribution >= 0.6 is 22.7 Å². The van der Waals surface area contributed by atoms with Crippen molar-refractivity contribution in [2.24, 2.45) is 0 Å². The van der Waals surface area contributed by atoms with Crippen molar-refractivity contribution in [3.8, 4) is 0 Å². The molecule has 0 radical (unpaired) electrons. The van der Waals surface area contributed by atoms with Crippen LogP contribution in [0, 0.1) is 13.8 Å². The van der Waals surface area contributed by atoms with Gasteiger partial charge in [-0.3, -0.25) is 9.59 Å². The van der Waals surface area contributed by atoms with Gasteiger partial charge >= 0.3 is 0 Å². The highest BCUT2D eigenvalue weighted by atomic mass is 32.1. The molecular weight excluding hydrogens is 364 g/mol. The number of amides is 2. The molecule has 2 amide bonds. The number of hydrogen-bond acceptors (Lipinski definition) is 4. The summed E-state index contributed by atoms with van der Waals surface area (Å²) >= 11 is 3.21. The van der Waals surface area contributed by atoms with Crippen molar-refractivity contribution >= 4 is 57.0 Å². The van der Waals surface area contributed by atoms with Gasteiger partial charge in [-0.05, 0) is 53.7 Å². The van der Waals surface area contributed by atoms with Gasteiger partial charge in [0.15, 0.2) is 0 Å². The Labute approximate surface area is 161 Å². The first-order valence-corrected chi connectivity index (χ1v) is 10.5. The lowest BCUT2D eigenvalue weighted by molar-refractivity contribution is -0.115. The molecule has 0 fully saturated rings. The normalized spacial score (nSPS) is 19.4. The maximum absolute atomic E-state index is 13.3. The van der Waals surface area contributed by atoms with Crippen LogP contribution in [0.5, 0.6) is 0 Å². The molecular formula is C20H22N2O2S2. The van der Waals surface area contributed by atoms with E-state index in [0.29, 0.717) is 11.1 Å². The molecule has 0 saturated carbocycles. The van der Waals surface area contributed by atoms with Gasteiger partial charge in [-0.15, -0.1) is 22.7 Å². The first-order valence-electron chi connectivity index (χ1n) is 8.85. The number of aryl methyl sites for hydroxylation is 2. The van der Waals surface area contributed by atoms with E-state index in [9.17, 15) is 9.59 Å². The molecule has 2 aromatic rings. The van der Waals surface area contributed by atoms with Crippen molar-refractivity contribution in [2.45, 2.75) is 53.6 Å². The van der Waals surface area contributed by atoms with E-state index in [1.165, 1.54) is 0 Å². The first-order chi connectivity index (χ1) is 12.2. The second kappa shape index (κ2) is 5.79. The zero-order valence-corrected chi connectivity index (χ0v) is 17.5. The van der Waals surface area contributed by atoms with E-state index < -0.39 is 0 Å². The Morgan fingerprint density at radius 3 is 1.38 bits per heavy atom. The van der Waals surface area contributed by atoms with Crippen LogP contribution in [0.4, 0.5) is 11.4 Å². The lowest BCUT2D eigenvalue weighted by Gasteiger charge is -2.21. The van der Waals surface area contributed by atoms with Gasteiger partial charge in [-0.1, -0.05) is 0 Å². The van der Waals surface area contributed by atoms with Gasteiger partial charge in [0.25, 0.3) is 11.8 Å². The summed E-state index contributed by atoms with van der Waals surface area (Å²) in [7, 11) is 0. The Balaban J connectivity index is 2.02. The molecule has 2 aromatic heterocycles. The minimum Gasteiger partial charge on any atom is -0.304 e. The Hall–Kier alpha value is -1.92. The van der Waals surface area contributed by atoms with Crippen molar-refractivity contribution in [1.82, 2.24) is 0 Å². The highest BCUT2D eigenvalue weighted by molar-refractivity contribution is 7.16. The Bertz CT molecular complexity index is 900. The number of rotatable bonds is 2. The van der Waals surface area contributed by atoms with Gasteiger partial charge in [0.1, 0.15) is 0 Å². The first kappa shape index (κ1) is 17.5. The topological polar surface area (TPSA) is 40.6 Å². The maximum atomic E-state index is 13.3. The van der Waals surface area contributed by atoms with Crippen LogP contribution in [0.15, 0.2) is 12.1 Å². The van der Waals surface area contributed by atoms with Gasteiger partial charge in [-0.25, -0.2) is 0 Å². The smallest absolute Gasteiger partial charge is 0.260 e. The van der Waals surface area contributed by atoms with Crippen molar-refractivity contribution < 1.29 is 9.59 Å². The van der Waals surface area contributed by atoms with E-state index in [-0.39, 0.29) is 23.9 Å². The summed E-state index contributed by atoms with van der Waals surface area (Å²) in [6.45, 7) is 12.2. The van der Waals surface area contributed by atoms with E-state index in [1.807, 2.05) is 51.3 Å². The summed E-state index contributed by atoms with van der Waals surface area (Å²) in [5, 5.41) is 0. The molecule has 6 heteroatoms. The second-order valence-electron chi connectivity index (χ2n) is 7.43. The fourth-order valence-corrected chi connectivity index (χ4v) is 5.93. The van der Waals surface area contributed by atoms with E-state index in [1.54, 1.807) is 22.7 Å². The number of nitrogens with zero attached hydrogens (tertiary/aromatic N) is 2. The number of hydrogen-bond donors (Lipinski definition) is 0. The molecule has 0 atom stereocenters. The molecule has 0 aromatic carbocycles. The van der Waals surface area contributed by atoms with Gasteiger partial charge in [0, 0.05) is 21.8 Å². The third-order valence-corrected chi connectivity index (χ3v) is 6.91. The Morgan fingerprint density at radius 2 is 1.08 bits per heavy atom. The Kier molecular flexibility index (Phi) is 3.90. The summed E-state index contributed by atoms with van der Waals surface area (Å²) in [6.07, 6.45) is 0. The van der Waals surface area contributed by atoms with Crippen molar-refractivity contribution in [2.75, 3.05) is 9.80 Å². The summed E-state index contributed by atoms with van der Waals surface area (Å²) in [6, 6.07) is 4.23. The third kappa shape index (κ3) is 2.25. The zero-order chi connectivity index (χ0) is 18.9. The largest absolute Gasteiger partial charge is 0.304 e. The SMILES string of the molecule is Cc1cc2c(s1)/C(=C1\C(=O)N(C(C)C)c3cc(C)sc31)C(=O)N2C(C)C. The van der Waals surface area contributed by atoms with Crippen LogP contribution in [0.3, 0.4) is 0 Å². The highest BCUT2D eigenvalue weighted by Crippen LogP contribution is 2.52. The number of anilines is 2. The summed E-state index contributed by atoms with van der Waals surface area (Å²) in [5.74, 6) is -0.0978. The van der Waals surface area contributed by atoms with E-state index >= 15 is 0 Å². The van der Waals surface area contributed by atoms with Crippen LogP contribution < -0.4 is 9.80 Å². The minimum absolute atomic E-state index is 0.0489. The quantitative estimate of drug-likeness (QED) is 0.693. The molecule has 136 valence electrons. The molecule has 0 spiro atoms. The molecule has 4 nitrogen and oxygen atoms in total. The molecule has 4 heterocycles. The number of fused-ring (bicyclic) bond motifs is 2. The lowest BCUT2D eigenvalue weighted by Crippen LogP contribution is -2.35. The van der Waals surface area contributed by atoms with Gasteiger partial charge in [0.05, 0.1) is 32.3 Å². The predicted molar refractivity (Wildman–Crippen MR) is 110 cm³/mol. The number of thiophene rings is 2. The van der Waals surface area contributed by atoms with Crippen LogP contribution in [-0.4, -0.2) is 23.9 Å². The molecule has 0 aliphatic carbocycles. The van der Waals surface area contributed by atoms with Gasteiger partial charge < -0.3 is 9.80 Å². The molecule has 2 aliphatic heterocycles. The average Bonchev–Trinajstić information content (AvgIpc) is 3.18. The molecule has 0 saturated heterocycles. The van der Waals surface area contributed by atoms with Crippen LogP contribution in [0.1, 0.15) is 47.2 Å². The molecule has 2 aliphatic rings. The standard InChI is InChI=1S/C20H22N2O2S2/c1-9(2)21-13-7-11(5)25-17(13)15(19(21)23)16-18-14(8-12(6)26-18)22(10(3)4)20(16)24/h7-10H,1-6H3/b16-15+. The van der Waals surface area contributed by atoms with Crippen molar-refractivity contribution in [3.05, 3.63) is 31.6 Å². The van der Waals surface area contributed by atoms with Crippen molar-refractivity contribution in [3.63, 3.8) is 0 Å². The van der Waals surface area contributed by atoms with Crippen molar-refractivity contribution in [1.29, 1.82) is 0 Å². The lowest BCUT2D eigenvalue weighted by atomic mass is 10.1. The molecule has 0 N–H and O–H groups in total. The number of carbonyl (C=O) groups is 2. The van der Waals surface area contributed by atoms with E-state index in [2.05, 4.69) is 12.1 Å². The van der Waals surface area contributed by atoms with Crippen LogP contribution in [0.25, 0.3) is 11.1 Å². The van der Waals surface area contributed by atoms with Crippen LogP contribution in [-0.2, 0) is 9.59 Å². The minimum atomic E-state index is -0.0489. The van der Waals surface area contributed by atoms with E-state index in [0.717, 1.165) is 30.9 Å². The molecule has 0 unspecified atom stereocenters. The highest BCUT2D eigenvalue weighted by Gasteiger charge is 2.45. The summed E-state index contributed by atoms with van der Waals surface area (Å²) in [5.41, 5.74) is 3.06. The molecule has 0 bridgehead atoms. The molecule has 26 heavy (non-hydrogen) atoms. The van der Waals surface area contributed by atoms with E-state index in [4.69, 9.17) is 0 Å². The average molecular weight is 387 g/mol. The van der Waals surface area contributed by atoms with Gasteiger partial charge in [0.2, 0.25) is 0 Å². The molecule has 4 rings (SSSR count). The summed E-state index contributed by atoms with van der Waals surface area (Å²) in [4.78, 5) is 34.5. The van der Waals surface area contributed by atoms with Crippen LogP contribution in [0.2, 0.25) is 0 Å². The predicted octanol–water partition coefficient (Wildman–Crippen LogP) is 4.85. The second-order valence-corrected chi connectivity index (χ2v) is 9.94.